The van der Waals surface area contributed by atoms with E-state index in [9.17, 15) is 4.79 Å². The quantitative estimate of drug-likeness (QED) is 0.925. The Morgan fingerprint density at radius 3 is 2.71 bits per heavy atom. The van der Waals surface area contributed by atoms with Crippen molar-refractivity contribution in [2.45, 2.75) is 19.5 Å². The van der Waals surface area contributed by atoms with Crippen LogP contribution in [-0.2, 0) is 11.3 Å². The van der Waals surface area contributed by atoms with Gasteiger partial charge >= 0.3 is 0 Å². The van der Waals surface area contributed by atoms with E-state index in [0.29, 0.717) is 11.6 Å². The minimum absolute atomic E-state index is 0.0649. The van der Waals surface area contributed by atoms with E-state index in [1.54, 1.807) is 19.0 Å². The number of hydrogen-bond donors (Lipinski definition) is 1. The minimum atomic E-state index is -0.201. The van der Waals surface area contributed by atoms with E-state index >= 15 is 0 Å². The first-order valence-electron chi connectivity index (χ1n) is 5.30. The van der Waals surface area contributed by atoms with Gasteiger partial charge in [-0.1, -0.05) is 33.6 Å². The fraction of sp³-hybridized carbons (Fsp3) is 0.417. The standard InChI is InChI=1S/C12H16BrClN2O/c1-8(12(17)16(2)3)15-7-9-4-5-10(14)6-11(9)13/h4-6,8,15H,7H2,1-3H3. The van der Waals surface area contributed by atoms with E-state index in [1.807, 2.05) is 25.1 Å². The molecule has 1 aromatic rings. The van der Waals surface area contributed by atoms with Crippen LogP contribution in [0.4, 0.5) is 0 Å². The Morgan fingerprint density at radius 1 is 1.53 bits per heavy atom. The van der Waals surface area contributed by atoms with Crippen molar-refractivity contribution in [2.24, 2.45) is 0 Å². The van der Waals surface area contributed by atoms with Crippen molar-refractivity contribution in [3.63, 3.8) is 0 Å². The first-order chi connectivity index (χ1) is 7.91. The van der Waals surface area contributed by atoms with Gasteiger partial charge in [-0.15, -0.1) is 0 Å². The zero-order valence-electron chi connectivity index (χ0n) is 10.1. The summed E-state index contributed by atoms with van der Waals surface area (Å²) in [5.41, 5.74) is 1.08. The van der Waals surface area contributed by atoms with Crippen LogP contribution in [0.1, 0.15) is 12.5 Å². The number of benzene rings is 1. The molecule has 0 saturated carbocycles. The van der Waals surface area contributed by atoms with Crippen LogP contribution < -0.4 is 5.32 Å². The number of amides is 1. The Bertz CT molecular complexity index is 409. The molecular weight excluding hydrogens is 304 g/mol. The highest BCUT2D eigenvalue weighted by molar-refractivity contribution is 9.10. The maximum atomic E-state index is 11.6. The lowest BCUT2D eigenvalue weighted by Gasteiger charge is -2.18. The van der Waals surface area contributed by atoms with E-state index in [-0.39, 0.29) is 11.9 Å². The number of halogens is 2. The summed E-state index contributed by atoms with van der Waals surface area (Å²) in [4.78, 5) is 13.2. The smallest absolute Gasteiger partial charge is 0.238 e. The molecule has 5 heteroatoms. The molecule has 0 aromatic heterocycles. The fourth-order valence-corrected chi connectivity index (χ4v) is 2.23. The number of hydrogen-bond acceptors (Lipinski definition) is 2. The fourth-order valence-electron chi connectivity index (χ4n) is 1.40. The van der Waals surface area contributed by atoms with E-state index in [1.165, 1.54) is 0 Å². The summed E-state index contributed by atoms with van der Waals surface area (Å²) in [5, 5.41) is 3.87. The van der Waals surface area contributed by atoms with Crippen molar-refractivity contribution in [3.05, 3.63) is 33.3 Å². The van der Waals surface area contributed by atoms with Gasteiger partial charge in [0.25, 0.3) is 0 Å². The van der Waals surface area contributed by atoms with Crippen molar-refractivity contribution < 1.29 is 4.79 Å². The largest absolute Gasteiger partial charge is 0.347 e. The summed E-state index contributed by atoms with van der Waals surface area (Å²) in [7, 11) is 3.50. The molecule has 1 rings (SSSR count). The molecule has 94 valence electrons. The summed E-state index contributed by atoms with van der Waals surface area (Å²) in [6, 6.07) is 5.41. The Morgan fingerprint density at radius 2 is 2.18 bits per heavy atom. The molecule has 1 atom stereocenters. The monoisotopic (exact) mass is 318 g/mol. The average molecular weight is 320 g/mol. The van der Waals surface area contributed by atoms with Crippen LogP contribution in [0.5, 0.6) is 0 Å². The summed E-state index contributed by atoms with van der Waals surface area (Å²) in [6.07, 6.45) is 0. The molecule has 17 heavy (non-hydrogen) atoms. The lowest BCUT2D eigenvalue weighted by molar-refractivity contribution is -0.130. The van der Waals surface area contributed by atoms with Gasteiger partial charge < -0.3 is 10.2 Å². The van der Waals surface area contributed by atoms with Gasteiger partial charge in [-0.05, 0) is 24.6 Å². The molecule has 1 amide bonds. The van der Waals surface area contributed by atoms with Gasteiger partial charge in [0.05, 0.1) is 6.04 Å². The number of nitrogens with zero attached hydrogens (tertiary/aromatic N) is 1. The van der Waals surface area contributed by atoms with Crippen LogP contribution in [0.15, 0.2) is 22.7 Å². The molecule has 1 unspecified atom stereocenters. The maximum Gasteiger partial charge on any atom is 0.238 e. The lowest BCUT2D eigenvalue weighted by atomic mass is 10.2. The lowest BCUT2D eigenvalue weighted by Crippen LogP contribution is -2.41. The number of nitrogens with one attached hydrogen (secondary N) is 1. The Kier molecular flexibility index (Phi) is 5.43. The zero-order valence-corrected chi connectivity index (χ0v) is 12.5. The first kappa shape index (κ1) is 14.5. The Hall–Kier alpha value is -0.580. The second-order valence-corrected chi connectivity index (χ2v) is 5.36. The molecule has 0 saturated heterocycles. The molecule has 1 N–H and O–H groups in total. The molecular formula is C12H16BrClN2O. The molecule has 0 fully saturated rings. The molecule has 1 aromatic carbocycles. The van der Waals surface area contributed by atoms with Crippen LogP contribution in [0.2, 0.25) is 5.02 Å². The maximum absolute atomic E-state index is 11.6. The zero-order chi connectivity index (χ0) is 13.0. The predicted octanol–water partition coefficient (Wildman–Crippen LogP) is 2.67. The van der Waals surface area contributed by atoms with Gasteiger partial charge in [0.15, 0.2) is 0 Å². The number of likely N-dealkylation sites (N-methyl/N-ethyl adjacent to an activating group) is 1. The van der Waals surface area contributed by atoms with E-state index in [4.69, 9.17) is 11.6 Å². The average Bonchev–Trinajstić information content (AvgIpc) is 2.26. The van der Waals surface area contributed by atoms with Crippen molar-refractivity contribution >= 4 is 33.4 Å². The molecule has 3 nitrogen and oxygen atoms in total. The summed E-state index contributed by atoms with van der Waals surface area (Å²) >= 11 is 9.30. The topological polar surface area (TPSA) is 32.3 Å². The van der Waals surface area contributed by atoms with E-state index in [2.05, 4.69) is 21.2 Å². The Balaban J connectivity index is 2.59. The van der Waals surface area contributed by atoms with Crippen LogP contribution >= 0.6 is 27.5 Å². The van der Waals surface area contributed by atoms with Crippen molar-refractivity contribution in [1.29, 1.82) is 0 Å². The third-order valence-corrected chi connectivity index (χ3v) is 3.40. The summed E-state index contributed by atoms with van der Waals surface area (Å²) < 4.78 is 0.946. The van der Waals surface area contributed by atoms with E-state index in [0.717, 1.165) is 10.0 Å². The summed E-state index contributed by atoms with van der Waals surface area (Å²) in [5.74, 6) is 0.0649. The van der Waals surface area contributed by atoms with Crippen LogP contribution in [0.3, 0.4) is 0 Å². The third-order valence-electron chi connectivity index (χ3n) is 2.43. The van der Waals surface area contributed by atoms with Gasteiger partial charge in [-0.25, -0.2) is 0 Å². The van der Waals surface area contributed by atoms with Gasteiger partial charge in [-0.2, -0.15) is 0 Å². The van der Waals surface area contributed by atoms with Gasteiger partial charge in [0.1, 0.15) is 0 Å². The number of rotatable bonds is 4. The molecule has 0 heterocycles. The highest BCUT2D eigenvalue weighted by atomic mass is 79.9. The first-order valence-corrected chi connectivity index (χ1v) is 6.47. The highest BCUT2D eigenvalue weighted by Crippen LogP contribution is 2.21. The minimum Gasteiger partial charge on any atom is -0.347 e. The third kappa shape index (κ3) is 4.30. The number of carbonyl (C=O) groups is 1. The summed E-state index contributed by atoms with van der Waals surface area (Å²) in [6.45, 7) is 2.48. The van der Waals surface area contributed by atoms with Crippen LogP contribution in [0.25, 0.3) is 0 Å². The molecule has 0 bridgehead atoms. The highest BCUT2D eigenvalue weighted by Gasteiger charge is 2.14. The SMILES string of the molecule is CC(NCc1ccc(Cl)cc1Br)C(=O)N(C)C. The molecule has 0 aliphatic heterocycles. The van der Waals surface area contributed by atoms with Crippen molar-refractivity contribution in [1.82, 2.24) is 10.2 Å². The molecule has 0 aliphatic carbocycles. The second kappa shape index (κ2) is 6.38. The van der Waals surface area contributed by atoms with Crippen LogP contribution in [-0.4, -0.2) is 30.9 Å². The number of carbonyl (C=O) groups excluding carboxylic acids is 1. The molecule has 0 radical (unpaired) electrons. The predicted molar refractivity (Wildman–Crippen MR) is 74.1 cm³/mol. The molecule has 0 aliphatic rings. The second-order valence-electron chi connectivity index (χ2n) is 4.07. The van der Waals surface area contributed by atoms with Crippen LogP contribution in [0, 0.1) is 0 Å². The van der Waals surface area contributed by atoms with Gasteiger partial charge in [0, 0.05) is 30.1 Å². The molecule has 0 spiro atoms. The van der Waals surface area contributed by atoms with Gasteiger partial charge in [0.2, 0.25) is 5.91 Å². The van der Waals surface area contributed by atoms with E-state index < -0.39 is 0 Å². The normalized spacial score (nSPS) is 12.3. The Labute approximate surface area is 115 Å². The van der Waals surface area contributed by atoms with Gasteiger partial charge in [-0.3, -0.25) is 4.79 Å². The van der Waals surface area contributed by atoms with Crippen molar-refractivity contribution in [2.75, 3.05) is 14.1 Å². The van der Waals surface area contributed by atoms with Crippen molar-refractivity contribution in [3.8, 4) is 0 Å².